The number of rotatable bonds is 4. The van der Waals surface area contributed by atoms with E-state index in [-0.39, 0.29) is 0 Å². The third kappa shape index (κ3) is 2.19. The Labute approximate surface area is 93.0 Å². The van der Waals surface area contributed by atoms with Gasteiger partial charge < -0.3 is 10.5 Å². The van der Waals surface area contributed by atoms with E-state index in [1.54, 1.807) is 0 Å². The number of hydrogen-bond acceptors (Lipinski definition) is 3. The van der Waals surface area contributed by atoms with Crippen molar-refractivity contribution in [1.29, 1.82) is 0 Å². The van der Waals surface area contributed by atoms with E-state index in [1.165, 1.54) is 32.4 Å². The topological polar surface area (TPSA) is 38.5 Å². The molecule has 1 saturated heterocycles. The average Bonchev–Trinajstić information content (AvgIpc) is 2.24. The molecule has 0 spiro atoms. The lowest BCUT2D eigenvalue weighted by Gasteiger charge is -2.54. The van der Waals surface area contributed by atoms with Gasteiger partial charge in [0.15, 0.2) is 0 Å². The molecule has 3 nitrogen and oxygen atoms in total. The van der Waals surface area contributed by atoms with Crippen LogP contribution in [0, 0.1) is 0 Å². The molecule has 3 heteroatoms. The molecule has 2 N–H and O–H groups in total. The second kappa shape index (κ2) is 4.81. The highest BCUT2D eigenvalue weighted by Crippen LogP contribution is 2.40. The van der Waals surface area contributed by atoms with Gasteiger partial charge >= 0.3 is 0 Å². The molecule has 1 saturated carbocycles. The molecule has 0 aromatic heterocycles. The molecule has 0 amide bonds. The highest BCUT2D eigenvalue weighted by Gasteiger charge is 2.47. The van der Waals surface area contributed by atoms with Gasteiger partial charge in [0.05, 0.1) is 6.10 Å². The van der Waals surface area contributed by atoms with Crippen molar-refractivity contribution in [1.82, 2.24) is 4.90 Å². The molecule has 88 valence electrons. The van der Waals surface area contributed by atoms with E-state index in [0.717, 1.165) is 26.0 Å². The van der Waals surface area contributed by atoms with Gasteiger partial charge in [0, 0.05) is 18.7 Å². The predicted octanol–water partition coefficient (Wildman–Crippen LogP) is 1.37. The summed E-state index contributed by atoms with van der Waals surface area (Å²) in [5, 5.41) is 0. The summed E-state index contributed by atoms with van der Waals surface area (Å²) in [5.41, 5.74) is 6.25. The lowest BCUT2D eigenvalue weighted by molar-refractivity contribution is -0.104. The van der Waals surface area contributed by atoms with E-state index in [1.807, 2.05) is 0 Å². The number of nitrogens with zero attached hydrogens (tertiary/aromatic N) is 1. The van der Waals surface area contributed by atoms with Gasteiger partial charge in [-0.05, 0) is 45.7 Å². The van der Waals surface area contributed by atoms with Crippen LogP contribution in [0.2, 0.25) is 0 Å². The minimum Gasteiger partial charge on any atom is -0.378 e. The minimum atomic E-state index is 0.292. The molecule has 0 radical (unpaired) electrons. The molecule has 0 bridgehead atoms. The average molecular weight is 212 g/mol. The second-order valence-electron chi connectivity index (χ2n) is 4.96. The summed E-state index contributed by atoms with van der Waals surface area (Å²) in [6.07, 6.45) is 6.86. The summed E-state index contributed by atoms with van der Waals surface area (Å²) in [4.78, 5) is 2.62. The van der Waals surface area contributed by atoms with E-state index in [9.17, 15) is 0 Å². The number of hydrogen-bond donors (Lipinski definition) is 1. The van der Waals surface area contributed by atoms with Crippen LogP contribution in [0.4, 0.5) is 0 Å². The fourth-order valence-corrected chi connectivity index (χ4v) is 3.06. The van der Waals surface area contributed by atoms with Crippen LogP contribution in [0.15, 0.2) is 0 Å². The van der Waals surface area contributed by atoms with Crippen LogP contribution in [0.3, 0.4) is 0 Å². The molecule has 15 heavy (non-hydrogen) atoms. The molecule has 0 aromatic carbocycles. The third-order valence-electron chi connectivity index (χ3n) is 4.02. The largest absolute Gasteiger partial charge is 0.378 e. The van der Waals surface area contributed by atoms with Crippen molar-refractivity contribution < 1.29 is 4.74 Å². The Bertz CT molecular complexity index is 196. The maximum atomic E-state index is 5.96. The Morgan fingerprint density at radius 3 is 2.47 bits per heavy atom. The zero-order valence-corrected chi connectivity index (χ0v) is 9.87. The van der Waals surface area contributed by atoms with Crippen LogP contribution in [-0.4, -0.2) is 42.8 Å². The molecule has 2 aliphatic rings. The summed E-state index contributed by atoms with van der Waals surface area (Å²) >= 11 is 0. The van der Waals surface area contributed by atoms with Crippen molar-refractivity contribution in [2.75, 3.05) is 26.2 Å². The quantitative estimate of drug-likeness (QED) is 0.765. The van der Waals surface area contributed by atoms with E-state index in [4.69, 9.17) is 10.5 Å². The van der Waals surface area contributed by atoms with Crippen molar-refractivity contribution in [3.8, 4) is 0 Å². The van der Waals surface area contributed by atoms with Gasteiger partial charge in [0.1, 0.15) is 0 Å². The smallest absolute Gasteiger partial charge is 0.0611 e. The van der Waals surface area contributed by atoms with Gasteiger partial charge in [-0.15, -0.1) is 0 Å². The van der Waals surface area contributed by atoms with E-state index < -0.39 is 0 Å². The number of ether oxygens (including phenoxy) is 1. The Hall–Kier alpha value is -0.120. The molecule has 0 aromatic rings. The molecule has 1 heterocycles. The van der Waals surface area contributed by atoms with Gasteiger partial charge in [-0.2, -0.15) is 0 Å². The van der Waals surface area contributed by atoms with Gasteiger partial charge in [-0.1, -0.05) is 6.42 Å². The first kappa shape index (κ1) is 11.4. The predicted molar refractivity (Wildman–Crippen MR) is 61.9 cm³/mol. The fourth-order valence-electron chi connectivity index (χ4n) is 3.06. The Balaban J connectivity index is 1.87. The molecule has 0 atom stereocenters. The van der Waals surface area contributed by atoms with Crippen molar-refractivity contribution in [2.45, 2.75) is 50.7 Å². The summed E-state index contributed by atoms with van der Waals surface area (Å²) in [6.45, 7) is 6.21. The van der Waals surface area contributed by atoms with Gasteiger partial charge in [0.2, 0.25) is 0 Å². The maximum absolute atomic E-state index is 5.96. The maximum Gasteiger partial charge on any atom is 0.0611 e. The Morgan fingerprint density at radius 1 is 1.27 bits per heavy atom. The van der Waals surface area contributed by atoms with Crippen molar-refractivity contribution in [3.63, 3.8) is 0 Å². The summed E-state index contributed by atoms with van der Waals surface area (Å²) < 4.78 is 5.64. The summed E-state index contributed by atoms with van der Waals surface area (Å²) in [7, 11) is 0. The highest BCUT2D eigenvalue weighted by molar-refractivity contribution is 5.04. The molecule has 1 aliphatic heterocycles. The van der Waals surface area contributed by atoms with Crippen LogP contribution in [0.5, 0.6) is 0 Å². The lowest BCUT2D eigenvalue weighted by atomic mass is 9.72. The first-order valence-electron chi connectivity index (χ1n) is 6.37. The Kier molecular flexibility index (Phi) is 3.65. The van der Waals surface area contributed by atoms with E-state index in [0.29, 0.717) is 11.6 Å². The molecular weight excluding hydrogens is 188 g/mol. The Morgan fingerprint density at radius 2 is 1.93 bits per heavy atom. The normalized spacial score (nSPS) is 37.6. The van der Waals surface area contributed by atoms with E-state index >= 15 is 0 Å². The zero-order valence-electron chi connectivity index (χ0n) is 9.87. The lowest BCUT2D eigenvalue weighted by Crippen LogP contribution is -2.64. The third-order valence-corrected chi connectivity index (χ3v) is 4.02. The fraction of sp³-hybridized carbons (Fsp3) is 1.00. The second-order valence-corrected chi connectivity index (χ2v) is 4.96. The molecule has 1 aliphatic carbocycles. The van der Waals surface area contributed by atoms with E-state index in [2.05, 4.69) is 11.8 Å². The first-order valence-corrected chi connectivity index (χ1v) is 6.37. The molecule has 2 rings (SSSR count). The standard InChI is InChI=1S/C12H24N2O/c1-2-15-11-8-12(9-11,10-13)14-6-4-3-5-7-14/h11H,2-10,13H2,1H3. The number of nitrogens with two attached hydrogens (primary N) is 1. The molecular formula is C12H24N2O. The van der Waals surface area contributed by atoms with Gasteiger partial charge in [-0.25, -0.2) is 0 Å². The summed E-state index contributed by atoms with van der Waals surface area (Å²) in [6, 6.07) is 0. The molecule has 2 fully saturated rings. The van der Waals surface area contributed by atoms with Gasteiger partial charge in [0.25, 0.3) is 0 Å². The van der Waals surface area contributed by atoms with Crippen molar-refractivity contribution >= 4 is 0 Å². The van der Waals surface area contributed by atoms with Crippen LogP contribution < -0.4 is 5.73 Å². The van der Waals surface area contributed by atoms with Crippen LogP contribution in [0.1, 0.15) is 39.0 Å². The zero-order chi connectivity index (χ0) is 10.7. The number of likely N-dealkylation sites (tertiary alicyclic amines) is 1. The van der Waals surface area contributed by atoms with Crippen molar-refractivity contribution in [3.05, 3.63) is 0 Å². The monoisotopic (exact) mass is 212 g/mol. The highest BCUT2D eigenvalue weighted by atomic mass is 16.5. The van der Waals surface area contributed by atoms with Crippen LogP contribution in [-0.2, 0) is 4.74 Å². The van der Waals surface area contributed by atoms with Crippen molar-refractivity contribution in [2.24, 2.45) is 5.73 Å². The number of piperidine rings is 1. The molecule has 0 unspecified atom stereocenters. The minimum absolute atomic E-state index is 0.292. The van der Waals surface area contributed by atoms with Crippen LogP contribution in [0.25, 0.3) is 0 Å². The van der Waals surface area contributed by atoms with Crippen LogP contribution >= 0.6 is 0 Å². The van der Waals surface area contributed by atoms with Gasteiger partial charge in [-0.3, -0.25) is 4.90 Å². The summed E-state index contributed by atoms with van der Waals surface area (Å²) in [5.74, 6) is 0. The first-order chi connectivity index (χ1) is 7.30. The SMILES string of the molecule is CCOC1CC(CN)(N2CCCCC2)C1.